The summed E-state index contributed by atoms with van der Waals surface area (Å²) in [6.07, 6.45) is 0. The van der Waals surface area contributed by atoms with Crippen molar-refractivity contribution in [3.63, 3.8) is 0 Å². The van der Waals surface area contributed by atoms with Crippen LogP contribution in [0, 0.1) is 0 Å². The van der Waals surface area contributed by atoms with Gasteiger partial charge in [-0.15, -0.1) is 11.3 Å². The van der Waals surface area contributed by atoms with Crippen molar-refractivity contribution in [2.75, 3.05) is 0 Å². The van der Waals surface area contributed by atoms with Crippen molar-refractivity contribution in [2.24, 2.45) is 0 Å². The number of para-hydroxylation sites is 3. The predicted octanol–water partition coefficient (Wildman–Crippen LogP) is 15.3. The van der Waals surface area contributed by atoms with Crippen LogP contribution < -0.4 is 0 Å². The number of nitrogens with zero attached hydrogens (tertiary/aromatic N) is 5. The third-order valence-corrected chi connectivity index (χ3v) is 13.9. The number of hydrogen-bond acceptors (Lipinski definition) is 5. The Labute approximate surface area is 369 Å². The topological polar surface area (TPSA) is 61.7 Å². The summed E-state index contributed by atoms with van der Waals surface area (Å²) < 4.78 is 13.9. The van der Waals surface area contributed by atoms with E-state index in [1.165, 1.54) is 14.8 Å². The first-order valence-electron chi connectivity index (χ1n) is 21.4. The molecule has 0 aliphatic carbocycles. The Morgan fingerprint density at radius 1 is 0.391 bits per heavy atom. The molecule has 5 aromatic heterocycles. The minimum absolute atomic E-state index is 0.553. The molecule has 0 bridgehead atoms. The van der Waals surface area contributed by atoms with E-state index in [9.17, 15) is 0 Å². The molecule has 298 valence electrons. The summed E-state index contributed by atoms with van der Waals surface area (Å²) in [5, 5.41) is 9.04. The molecule has 9 aromatic carbocycles. The van der Waals surface area contributed by atoms with Crippen molar-refractivity contribution >= 4 is 97.1 Å². The van der Waals surface area contributed by atoms with E-state index in [4.69, 9.17) is 19.4 Å². The Morgan fingerprint density at radius 2 is 0.969 bits per heavy atom. The molecule has 0 fully saturated rings. The third-order valence-electron chi connectivity index (χ3n) is 12.8. The second kappa shape index (κ2) is 13.6. The van der Waals surface area contributed by atoms with Crippen LogP contribution in [-0.2, 0) is 0 Å². The molecule has 0 saturated carbocycles. The molecule has 0 spiro atoms. The summed E-state index contributed by atoms with van der Waals surface area (Å²) >= 11 is 1.79. The van der Waals surface area contributed by atoms with Crippen LogP contribution in [0.1, 0.15) is 0 Å². The highest BCUT2D eigenvalue weighted by molar-refractivity contribution is 7.25. The molecule has 64 heavy (non-hydrogen) atoms. The number of furan rings is 1. The van der Waals surface area contributed by atoms with Gasteiger partial charge >= 0.3 is 0 Å². The van der Waals surface area contributed by atoms with Crippen molar-refractivity contribution in [3.05, 3.63) is 200 Å². The van der Waals surface area contributed by atoms with Crippen LogP contribution in [0.5, 0.6) is 0 Å². The van der Waals surface area contributed by atoms with Crippen LogP contribution in [0.15, 0.2) is 205 Å². The molecule has 5 heterocycles. The molecule has 7 heteroatoms. The number of hydrogen-bond donors (Lipinski definition) is 0. The van der Waals surface area contributed by atoms with Crippen LogP contribution in [-0.4, -0.2) is 24.1 Å². The fourth-order valence-electron chi connectivity index (χ4n) is 10.0. The molecule has 0 amide bonds. The first-order valence-corrected chi connectivity index (χ1v) is 22.3. The van der Waals surface area contributed by atoms with Gasteiger partial charge in [0, 0.05) is 75.2 Å². The van der Waals surface area contributed by atoms with E-state index in [0.717, 1.165) is 98.9 Å². The highest BCUT2D eigenvalue weighted by Crippen LogP contribution is 2.44. The summed E-state index contributed by atoms with van der Waals surface area (Å²) in [5.74, 6) is 1.79. The van der Waals surface area contributed by atoms with Crippen LogP contribution in [0.25, 0.3) is 131 Å². The molecule has 0 unspecified atom stereocenters. The lowest BCUT2D eigenvalue weighted by Crippen LogP contribution is -2.07. The van der Waals surface area contributed by atoms with E-state index in [1.54, 1.807) is 11.3 Å². The Balaban J connectivity index is 1.09. The molecule has 0 atom stereocenters. The van der Waals surface area contributed by atoms with Crippen molar-refractivity contribution in [1.29, 1.82) is 0 Å². The summed E-state index contributed by atoms with van der Waals surface area (Å²) in [4.78, 5) is 16.1. The van der Waals surface area contributed by atoms with E-state index in [-0.39, 0.29) is 0 Å². The summed E-state index contributed by atoms with van der Waals surface area (Å²) in [6, 6.07) is 70.6. The molecular weight excluding hydrogens is 803 g/mol. The second-order valence-electron chi connectivity index (χ2n) is 16.3. The first-order chi connectivity index (χ1) is 31.7. The second-order valence-corrected chi connectivity index (χ2v) is 17.4. The average Bonchev–Trinajstić information content (AvgIpc) is 4.12. The van der Waals surface area contributed by atoms with E-state index < -0.39 is 0 Å². The lowest BCUT2D eigenvalue weighted by atomic mass is 10.0. The zero-order valence-corrected chi connectivity index (χ0v) is 34.9. The van der Waals surface area contributed by atoms with Gasteiger partial charge in [-0.1, -0.05) is 158 Å². The van der Waals surface area contributed by atoms with E-state index in [1.807, 2.05) is 24.3 Å². The smallest absolute Gasteiger partial charge is 0.238 e. The Morgan fingerprint density at radius 3 is 1.75 bits per heavy atom. The fourth-order valence-corrected chi connectivity index (χ4v) is 11.1. The van der Waals surface area contributed by atoms with Crippen LogP contribution >= 0.6 is 11.3 Å². The largest absolute Gasteiger partial charge is 0.455 e. The molecular formula is C57H33N5OS. The van der Waals surface area contributed by atoms with Gasteiger partial charge < -0.3 is 8.98 Å². The maximum absolute atomic E-state index is 6.85. The number of fused-ring (bicyclic) bond motifs is 13. The molecule has 14 rings (SSSR count). The third kappa shape index (κ3) is 5.10. The van der Waals surface area contributed by atoms with Crippen molar-refractivity contribution in [3.8, 4) is 45.5 Å². The summed E-state index contributed by atoms with van der Waals surface area (Å²) in [7, 11) is 0. The van der Waals surface area contributed by atoms with Gasteiger partial charge in [-0.25, -0.2) is 4.98 Å². The average molecular weight is 836 g/mol. The van der Waals surface area contributed by atoms with E-state index in [2.05, 4.69) is 185 Å². The summed E-state index contributed by atoms with van der Waals surface area (Å²) in [6.45, 7) is 0. The van der Waals surface area contributed by atoms with Crippen LogP contribution in [0.2, 0.25) is 0 Å². The van der Waals surface area contributed by atoms with Crippen molar-refractivity contribution in [2.45, 2.75) is 0 Å². The lowest BCUT2D eigenvalue weighted by molar-refractivity contribution is 0.669. The molecule has 0 N–H and O–H groups in total. The first kappa shape index (κ1) is 35.2. The fraction of sp³-hybridized carbons (Fsp3) is 0. The molecule has 0 radical (unpaired) electrons. The van der Waals surface area contributed by atoms with Crippen LogP contribution in [0.3, 0.4) is 0 Å². The minimum Gasteiger partial charge on any atom is -0.455 e. The Hall–Kier alpha value is -8.39. The van der Waals surface area contributed by atoms with Gasteiger partial charge in [0.25, 0.3) is 0 Å². The van der Waals surface area contributed by atoms with Crippen molar-refractivity contribution < 1.29 is 4.42 Å². The maximum atomic E-state index is 6.85. The van der Waals surface area contributed by atoms with Crippen molar-refractivity contribution in [1.82, 2.24) is 24.1 Å². The normalized spacial score (nSPS) is 12.1. The van der Waals surface area contributed by atoms with Gasteiger partial charge in [-0.2, -0.15) is 9.97 Å². The van der Waals surface area contributed by atoms with E-state index in [0.29, 0.717) is 17.6 Å². The van der Waals surface area contributed by atoms with E-state index >= 15 is 0 Å². The van der Waals surface area contributed by atoms with Gasteiger partial charge in [0.15, 0.2) is 11.6 Å². The summed E-state index contributed by atoms with van der Waals surface area (Å²) in [5.41, 5.74) is 11.0. The van der Waals surface area contributed by atoms with Crippen LogP contribution in [0.4, 0.5) is 0 Å². The molecule has 0 saturated heterocycles. The van der Waals surface area contributed by atoms with Gasteiger partial charge in [-0.3, -0.25) is 4.57 Å². The van der Waals surface area contributed by atoms with Gasteiger partial charge in [0.2, 0.25) is 5.95 Å². The highest BCUT2D eigenvalue weighted by Gasteiger charge is 2.25. The minimum atomic E-state index is 0.553. The zero-order chi connectivity index (χ0) is 41.9. The Bertz CT molecular complexity index is 4200. The molecule has 6 nitrogen and oxygen atoms in total. The molecule has 0 aliphatic rings. The standard InChI is InChI=1S/C57H33N5OS/c1-3-15-34(16-4-1)37-22-13-23-43-40-30-29-36(33-48(40)63-54(37)43)61-46-25-10-7-19-38(46)41-31-32-42-39-20-8-11-26-47(39)62(53(42)52(41)61)57-59-55(35-17-5-2-6-18-35)58-56(60-57)45-24-14-28-50-51(45)44-21-9-12-27-49(44)64-50/h1-33H. The number of aromatic nitrogens is 5. The van der Waals surface area contributed by atoms with Gasteiger partial charge in [0.1, 0.15) is 11.2 Å². The lowest BCUT2D eigenvalue weighted by Gasteiger charge is -2.13. The van der Waals surface area contributed by atoms with Gasteiger partial charge in [0.05, 0.1) is 27.8 Å². The van der Waals surface area contributed by atoms with Gasteiger partial charge in [-0.05, 0) is 42.0 Å². The monoisotopic (exact) mass is 835 g/mol. The highest BCUT2D eigenvalue weighted by atomic mass is 32.1. The Kier molecular flexibility index (Phi) is 7.46. The molecule has 0 aliphatic heterocycles. The number of rotatable bonds is 5. The number of thiophene rings is 1. The SMILES string of the molecule is c1ccc(-c2nc(-c3cccc4sc5ccccc5c34)nc(-n3c4ccccc4c4ccc5c6ccccc6n(-c6ccc7c(c6)oc6c(-c8ccccc8)cccc67)c5c43)n2)cc1. The number of benzene rings is 9. The zero-order valence-electron chi connectivity index (χ0n) is 34.1. The predicted molar refractivity (Wildman–Crippen MR) is 265 cm³/mol. The maximum Gasteiger partial charge on any atom is 0.238 e. The quantitative estimate of drug-likeness (QED) is 0.173. The molecule has 14 aromatic rings.